The van der Waals surface area contributed by atoms with Crippen LogP contribution in [0.2, 0.25) is 0 Å². The number of benzene rings is 1. The van der Waals surface area contributed by atoms with Crippen LogP contribution < -0.4 is 10.6 Å². The third kappa shape index (κ3) is 2.52. The van der Waals surface area contributed by atoms with E-state index in [0.29, 0.717) is 0 Å². The van der Waals surface area contributed by atoms with Crippen molar-refractivity contribution in [2.45, 2.75) is 13.3 Å². The maximum atomic E-state index is 8.78. The number of anilines is 1. The highest BCUT2D eigenvalue weighted by Gasteiger charge is 2.33. The minimum atomic E-state index is 0.163. The third-order valence-electron chi connectivity index (χ3n) is 3.48. The van der Waals surface area contributed by atoms with Crippen molar-refractivity contribution in [2.75, 3.05) is 18.5 Å². The van der Waals surface area contributed by atoms with Gasteiger partial charge in [0.15, 0.2) is 5.84 Å². The van der Waals surface area contributed by atoms with Crippen LogP contribution in [0.3, 0.4) is 0 Å². The zero-order chi connectivity index (χ0) is 12.4. The van der Waals surface area contributed by atoms with E-state index in [1.807, 2.05) is 24.3 Å². The molecule has 2 atom stereocenters. The molecule has 3 N–H and O–H groups in total. The third-order valence-corrected chi connectivity index (χ3v) is 3.48. The van der Waals surface area contributed by atoms with Crippen molar-refractivity contribution >= 4 is 11.5 Å². The first-order valence-corrected chi connectivity index (χ1v) is 5.91. The van der Waals surface area contributed by atoms with Crippen LogP contribution in [0, 0.1) is 11.8 Å². The van der Waals surface area contributed by atoms with Crippen LogP contribution in [-0.2, 0) is 0 Å². The van der Waals surface area contributed by atoms with Crippen molar-refractivity contribution in [3.05, 3.63) is 29.8 Å². The van der Waals surface area contributed by atoms with Gasteiger partial charge in [0.05, 0.1) is 0 Å². The number of hydrogen-bond acceptors (Lipinski definition) is 3. The molecule has 1 fully saturated rings. The lowest BCUT2D eigenvalue weighted by Crippen LogP contribution is -2.25. The van der Waals surface area contributed by atoms with Gasteiger partial charge in [0.1, 0.15) is 0 Å². The van der Waals surface area contributed by atoms with E-state index in [9.17, 15) is 0 Å². The standard InChI is InChI=1S/C13H19N3O/c1-9-7-10(9)8-16(2)12-6-4-3-5-11(12)13(14)15-17/h3-6,9-10,17H,7-8H2,1-2H3,(H2,14,15). The largest absolute Gasteiger partial charge is 0.409 e. The highest BCUT2D eigenvalue weighted by atomic mass is 16.4. The van der Waals surface area contributed by atoms with Gasteiger partial charge in [-0.3, -0.25) is 0 Å². The molecule has 1 aromatic carbocycles. The SMILES string of the molecule is CC1CC1CN(C)c1ccccc1/C(N)=N/O. The zero-order valence-corrected chi connectivity index (χ0v) is 10.3. The lowest BCUT2D eigenvalue weighted by atomic mass is 10.1. The summed E-state index contributed by atoms with van der Waals surface area (Å²) >= 11 is 0. The van der Waals surface area contributed by atoms with Crippen molar-refractivity contribution in [1.82, 2.24) is 0 Å². The molecule has 0 saturated heterocycles. The normalized spacial score (nSPS) is 23.5. The second-order valence-corrected chi connectivity index (χ2v) is 4.86. The minimum Gasteiger partial charge on any atom is -0.409 e. The summed E-state index contributed by atoms with van der Waals surface area (Å²) in [6.45, 7) is 3.30. The first-order valence-electron chi connectivity index (χ1n) is 5.91. The van der Waals surface area contributed by atoms with Crippen molar-refractivity contribution in [3.63, 3.8) is 0 Å². The molecule has 1 aromatic rings. The van der Waals surface area contributed by atoms with Gasteiger partial charge in [0, 0.05) is 24.8 Å². The molecule has 0 radical (unpaired) electrons. The summed E-state index contributed by atoms with van der Waals surface area (Å²) in [6, 6.07) is 7.73. The van der Waals surface area contributed by atoms with E-state index in [4.69, 9.17) is 10.9 Å². The number of amidine groups is 1. The summed E-state index contributed by atoms with van der Waals surface area (Å²) in [7, 11) is 2.05. The molecule has 0 aromatic heterocycles. The Kier molecular flexibility index (Phi) is 3.22. The van der Waals surface area contributed by atoms with Crippen LogP contribution >= 0.6 is 0 Å². The van der Waals surface area contributed by atoms with Crippen LogP contribution in [-0.4, -0.2) is 24.6 Å². The van der Waals surface area contributed by atoms with E-state index >= 15 is 0 Å². The zero-order valence-electron chi connectivity index (χ0n) is 10.3. The Bertz CT molecular complexity index is 430. The average molecular weight is 233 g/mol. The highest BCUT2D eigenvalue weighted by Crippen LogP contribution is 2.38. The van der Waals surface area contributed by atoms with Gasteiger partial charge in [-0.25, -0.2) is 0 Å². The molecule has 17 heavy (non-hydrogen) atoms. The second-order valence-electron chi connectivity index (χ2n) is 4.86. The predicted molar refractivity (Wildman–Crippen MR) is 69.5 cm³/mol. The molecule has 1 aliphatic carbocycles. The Hall–Kier alpha value is -1.71. The first kappa shape index (κ1) is 11.8. The average Bonchev–Trinajstić information content (AvgIpc) is 3.03. The van der Waals surface area contributed by atoms with Gasteiger partial charge < -0.3 is 15.8 Å². The Morgan fingerprint density at radius 1 is 1.53 bits per heavy atom. The van der Waals surface area contributed by atoms with E-state index in [-0.39, 0.29) is 5.84 Å². The molecule has 1 saturated carbocycles. The molecule has 0 amide bonds. The topological polar surface area (TPSA) is 61.8 Å². The summed E-state index contributed by atoms with van der Waals surface area (Å²) in [5.74, 6) is 1.77. The molecule has 2 rings (SSSR count). The fourth-order valence-electron chi connectivity index (χ4n) is 2.18. The molecular formula is C13H19N3O. The summed E-state index contributed by atoms with van der Waals surface area (Å²) in [5, 5.41) is 11.9. The van der Waals surface area contributed by atoms with Crippen LogP contribution in [0.5, 0.6) is 0 Å². The quantitative estimate of drug-likeness (QED) is 0.361. The molecule has 0 aliphatic heterocycles. The summed E-state index contributed by atoms with van der Waals surface area (Å²) in [5.41, 5.74) is 7.48. The van der Waals surface area contributed by atoms with E-state index in [2.05, 4.69) is 24.0 Å². The Balaban J connectivity index is 2.19. The molecular weight excluding hydrogens is 214 g/mol. The maximum absolute atomic E-state index is 8.78. The van der Waals surface area contributed by atoms with Gasteiger partial charge in [0.25, 0.3) is 0 Å². The van der Waals surface area contributed by atoms with Crippen LogP contribution in [0.4, 0.5) is 5.69 Å². The van der Waals surface area contributed by atoms with Crippen molar-refractivity contribution < 1.29 is 5.21 Å². The van der Waals surface area contributed by atoms with Crippen molar-refractivity contribution in [1.29, 1.82) is 0 Å². The second kappa shape index (κ2) is 4.65. The van der Waals surface area contributed by atoms with E-state index in [1.54, 1.807) is 0 Å². The fraction of sp³-hybridized carbons (Fsp3) is 0.462. The van der Waals surface area contributed by atoms with Crippen LogP contribution in [0.1, 0.15) is 18.9 Å². The minimum absolute atomic E-state index is 0.163. The summed E-state index contributed by atoms with van der Waals surface area (Å²) in [6.07, 6.45) is 1.30. The van der Waals surface area contributed by atoms with Gasteiger partial charge >= 0.3 is 0 Å². The van der Waals surface area contributed by atoms with Crippen molar-refractivity contribution in [2.24, 2.45) is 22.7 Å². The molecule has 0 spiro atoms. The lowest BCUT2D eigenvalue weighted by molar-refractivity contribution is 0.318. The number of nitrogens with two attached hydrogens (primary N) is 1. The predicted octanol–water partition coefficient (Wildman–Crippen LogP) is 1.87. The number of para-hydroxylation sites is 1. The van der Waals surface area contributed by atoms with Gasteiger partial charge in [-0.1, -0.05) is 24.2 Å². The van der Waals surface area contributed by atoms with E-state index in [1.165, 1.54) is 6.42 Å². The van der Waals surface area contributed by atoms with Gasteiger partial charge in [-0.2, -0.15) is 0 Å². The molecule has 0 heterocycles. The molecule has 92 valence electrons. The molecule has 4 nitrogen and oxygen atoms in total. The number of oxime groups is 1. The molecule has 0 bridgehead atoms. The molecule has 2 unspecified atom stereocenters. The monoisotopic (exact) mass is 233 g/mol. The maximum Gasteiger partial charge on any atom is 0.172 e. The number of nitrogens with zero attached hydrogens (tertiary/aromatic N) is 2. The highest BCUT2D eigenvalue weighted by molar-refractivity contribution is 6.02. The fourth-order valence-corrected chi connectivity index (χ4v) is 2.18. The van der Waals surface area contributed by atoms with Crippen molar-refractivity contribution in [3.8, 4) is 0 Å². The first-order chi connectivity index (χ1) is 8.13. The lowest BCUT2D eigenvalue weighted by Gasteiger charge is -2.22. The Morgan fingerprint density at radius 2 is 2.18 bits per heavy atom. The Labute approximate surface area is 102 Å². The number of hydrogen-bond donors (Lipinski definition) is 2. The molecule has 1 aliphatic rings. The smallest absolute Gasteiger partial charge is 0.172 e. The van der Waals surface area contributed by atoms with E-state index in [0.717, 1.165) is 29.6 Å². The van der Waals surface area contributed by atoms with Gasteiger partial charge in [-0.15, -0.1) is 0 Å². The number of rotatable bonds is 4. The van der Waals surface area contributed by atoms with Crippen LogP contribution in [0.15, 0.2) is 29.4 Å². The summed E-state index contributed by atoms with van der Waals surface area (Å²) < 4.78 is 0. The van der Waals surface area contributed by atoms with Gasteiger partial charge in [0.2, 0.25) is 0 Å². The Morgan fingerprint density at radius 3 is 2.76 bits per heavy atom. The van der Waals surface area contributed by atoms with Gasteiger partial charge in [-0.05, 0) is 30.4 Å². The van der Waals surface area contributed by atoms with Crippen LogP contribution in [0.25, 0.3) is 0 Å². The summed E-state index contributed by atoms with van der Waals surface area (Å²) in [4.78, 5) is 2.18. The molecule has 4 heteroatoms. The van der Waals surface area contributed by atoms with E-state index < -0.39 is 0 Å².